The fraction of sp³-hybridized carbons (Fsp3) is 0.182. The Balaban J connectivity index is 2.26. The summed E-state index contributed by atoms with van der Waals surface area (Å²) in [6.07, 6.45) is 0. The lowest BCUT2D eigenvalue weighted by Crippen LogP contribution is -2.01. The molecule has 17 heavy (non-hydrogen) atoms. The van der Waals surface area contributed by atoms with E-state index in [-0.39, 0.29) is 12.3 Å². The quantitative estimate of drug-likeness (QED) is 0.891. The maximum absolute atomic E-state index is 12.0. The fourth-order valence-corrected chi connectivity index (χ4v) is 1.37. The van der Waals surface area contributed by atoms with E-state index < -0.39 is 6.61 Å². The van der Waals surface area contributed by atoms with E-state index in [2.05, 4.69) is 9.89 Å². The third kappa shape index (κ3) is 2.79. The lowest BCUT2D eigenvalue weighted by atomic mass is 10.1. The Labute approximate surface area is 96.0 Å². The van der Waals surface area contributed by atoms with Gasteiger partial charge >= 0.3 is 6.61 Å². The topological polar surface area (TPSA) is 61.3 Å². The zero-order valence-corrected chi connectivity index (χ0v) is 8.77. The fourth-order valence-electron chi connectivity index (χ4n) is 1.37. The molecular formula is C11H10F2N2O2. The van der Waals surface area contributed by atoms with E-state index >= 15 is 0 Å². The Kier molecular flexibility index (Phi) is 3.34. The first-order valence-electron chi connectivity index (χ1n) is 4.90. The minimum absolute atomic E-state index is 0.0724. The van der Waals surface area contributed by atoms with Crippen LogP contribution < -0.4 is 10.5 Å². The van der Waals surface area contributed by atoms with Crippen LogP contribution in [0.5, 0.6) is 5.75 Å². The Bertz CT molecular complexity index is 500. The number of nitrogens with two attached hydrogens (primary N) is 1. The van der Waals surface area contributed by atoms with Crippen LogP contribution in [0.25, 0.3) is 11.3 Å². The van der Waals surface area contributed by atoms with Gasteiger partial charge in [0.05, 0.1) is 5.69 Å². The van der Waals surface area contributed by atoms with Crippen LogP contribution in [-0.2, 0) is 6.54 Å². The highest BCUT2D eigenvalue weighted by Gasteiger charge is 2.09. The summed E-state index contributed by atoms with van der Waals surface area (Å²) in [6.45, 7) is -2.59. The van der Waals surface area contributed by atoms with Gasteiger partial charge in [-0.05, 0) is 12.1 Å². The van der Waals surface area contributed by atoms with Crippen LogP contribution in [0.2, 0.25) is 0 Å². The summed E-state index contributed by atoms with van der Waals surface area (Å²) in [6, 6.07) is 7.85. The molecule has 2 aromatic rings. The van der Waals surface area contributed by atoms with E-state index in [4.69, 9.17) is 10.3 Å². The van der Waals surface area contributed by atoms with Crippen LogP contribution >= 0.6 is 0 Å². The van der Waals surface area contributed by atoms with Gasteiger partial charge in [0.25, 0.3) is 0 Å². The van der Waals surface area contributed by atoms with Gasteiger partial charge < -0.3 is 15.0 Å². The summed E-state index contributed by atoms with van der Waals surface area (Å²) in [5, 5.41) is 3.71. The van der Waals surface area contributed by atoms with Crippen LogP contribution in [-0.4, -0.2) is 11.8 Å². The molecule has 4 nitrogen and oxygen atoms in total. The first-order chi connectivity index (χ1) is 8.19. The summed E-state index contributed by atoms with van der Waals surface area (Å²) < 4.78 is 33.4. The molecule has 6 heteroatoms. The Hall–Kier alpha value is -1.95. The van der Waals surface area contributed by atoms with Crippen LogP contribution in [0, 0.1) is 0 Å². The summed E-state index contributed by atoms with van der Waals surface area (Å²) in [7, 11) is 0. The minimum Gasteiger partial charge on any atom is -0.435 e. The molecule has 0 bridgehead atoms. The van der Waals surface area contributed by atoms with Gasteiger partial charge in [-0.15, -0.1) is 0 Å². The van der Waals surface area contributed by atoms with Crippen LogP contribution in [0.4, 0.5) is 8.78 Å². The summed E-state index contributed by atoms with van der Waals surface area (Å²) in [5.41, 5.74) is 6.59. The molecule has 0 saturated carbocycles. The summed E-state index contributed by atoms with van der Waals surface area (Å²) in [5.74, 6) is 0.536. The largest absolute Gasteiger partial charge is 0.435 e. The predicted octanol–water partition coefficient (Wildman–Crippen LogP) is 2.40. The monoisotopic (exact) mass is 240 g/mol. The highest BCUT2D eigenvalue weighted by Crippen LogP contribution is 2.25. The Morgan fingerprint density at radius 1 is 1.35 bits per heavy atom. The molecule has 0 aliphatic carbocycles. The Morgan fingerprint density at radius 3 is 2.82 bits per heavy atom. The highest BCUT2D eigenvalue weighted by molar-refractivity contribution is 5.59. The van der Waals surface area contributed by atoms with E-state index in [1.165, 1.54) is 12.1 Å². The van der Waals surface area contributed by atoms with Gasteiger partial charge in [0.15, 0.2) is 5.76 Å². The number of hydrogen-bond acceptors (Lipinski definition) is 4. The van der Waals surface area contributed by atoms with Gasteiger partial charge in [0.1, 0.15) is 5.75 Å². The first kappa shape index (κ1) is 11.5. The molecule has 0 spiro atoms. The molecule has 1 heterocycles. The van der Waals surface area contributed by atoms with E-state index in [9.17, 15) is 8.78 Å². The van der Waals surface area contributed by atoms with Crippen molar-refractivity contribution in [3.8, 4) is 17.1 Å². The minimum atomic E-state index is -2.85. The number of hydrogen-bond donors (Lipinski definition) is 1. The molecule has 0 unspecified atom stereocenters. The van der Waals surface area contributed by atoms with Crippen molar-refractivity contribution in [3.05, 3.63) is 36.0 Å². The van der Waals surface area contributed by atoms with Gasteiger partial charge in [0, 0.05) is 18.2 Å². The number of nitrogens with zero attached hydrogens (tertiary/aromatic N) is 1. The molecule has 1 aromatic carbocycles. The zero-order valence-electron chi connectivity index (χ0n) is 8.77. The molecule has 0 aliphatic rings. The Morgan fingerprint density at radius 2 is 2.18 bits per heavy atom. The normalized spacial score (nSPS) is 10.8. The SMILES string of the molecule is NCc1cc(-c2cccc(OC(F)F)c2)on1. The van der Waals surface area contributed by atoms with Crippen molar-refractivity contribution in [1.82, 2.24) is 5.16 Å². The van der Waals surface area contributed by atoms with Crippen molar-refractivity contribution in [2.45, 2.75) is 13.2 Å². The van der Waals surface area contributed by atoms with Gasteiger partial charge in [-0.25, -0.2) is 0 Å². The molecule has 0 aliphatic heterocycles. The van der Waals surface area contributed by atoms with Crippen molar-refractivity contribution in [2.24, 2.45) is 5.73 Å². The molecule has 1 aromatic heterocycles. The second-order valence-corrected chi connectivity index (χ2v) is 3.29. The molecule has 0 amide bonds. The molecule has 90 valence electrons. The molecular weight excluding hydrogens is 230 g/mol. The number of ether oxygens (including phenoxy) is 1. The van der Waals surface area contributed by atoms with E-state index in [1.807, 2.05) is 0 Å². The number of halogens is 2. The third-order valence-corrected chi connectivity index (χ3v) is 2.11. The van der Waals surface area contributed by atoms with Crippen molar-refractivity contribution in [2.75, 3.05) is 0 Å². The van der Waals surface area contributed by atoms with E-state index in [0.717, 1.165) is 0 Å². The average molecular weight is 240 g/mol. The van der Waals surface area contributed by atoms with E-state index in [0.29, 0.717) is 17.0 Å². The lowest BCUT2D eigenvalue weighted by Gasteiger charge is -2.04. The summed E-state index contributed by atoms with van der Waals surface area (Å²) in [4.78, 5) is 0. The number of aromatic nitrogens is 1. The van der Waals surface area contributed by atoms with Crippen molar-refractivity contribution in [3.63, 3.8) is 0 Å². The molecule has 0 fully saturated rings. The van der Waals surface area contributed by atoms with Crippen LogP contribution in [0.1, 0.15) is 5.69 Å². The van der Waals surface area contributed by atoms with Gasteiger partial charge in [-0.1, -0.05) is 17.3 Å². The van der Waals surface area contributed by atoms with Crippen molar-refractivity contribution in [1.29, 1.82) is 0 Å². The molecule has 2 N–H and O–H groups in total. The molecule has 0 saturated heterocycles. The van der Waals surface area contributed by atoms with Crippen LogP contribution in [0.15, 0.2) is 34.9 Å². The molecule has 0 atom stereocenters. The van der Waals surface area contributed by atoms with Crippen molar-refractivity contribution < 1.29 is 18.0 Å². The first-order valence-corrected chi connectivity index (χ1v) is 4.90. The second-order valence-electron chi connectivity index (χ2n) is 3.29. The number of benzene rings is 1. The standard InChI is InChI=1S/C11H10F2N2O2/c12-11(13)16-9-3-1-2-7(4-9)10-5-8(6-14)15-17-10/h1-5,11H,6,14H2. The average Bonchev–Trinajstić information content (AvgIpc) is 2.77. The van der Waals surface area contributed by atoms with Crippen molar-refractivity contribution >= 4 is 0 Å². The second kappa shape index (κ2) is 4.92. The zero-order chi connectivity index (χ0) is 12.3. The number of alkyl halides is 2. The smallest absolute Gasteiger partial charge is 0.387 e. The molecule has 2 rings (SSSR count). The number of rotatable bonds is 4. The lowest BCUT2D eigenvalue weighted by molar-refractivity contribution is -0.0498. The maximum Gasteiger partial charge on any atom is 0.387 e. The van der Waals surface area contributed by atoms with Gasteiger partial charge in [-0.2, -0.15) is 8.78 Å². The van der Waals surface area contributed by atoms with Crippen LogP contribution in [0.3, 0.4) is 0 Å². The summed E-state index contributed by atoms with van der Waals surface area (Å²) >= 11 is 0. The molecule has 0 radical (unpaired) electrons. The van der Waals surface area contributed by atoms with Gasteiger partial charge in [0.2, 0.25) is 0 Å². The maximum atomic E-state index is 12.0. The predicted molar refractivity (Wildman–Crippen MR) is 56.5 cm³/mol. The highest BCUT2D eigenvalue weighted by atomic mass is 19.3. The third-order valence-electron chi connectivity index (χ3n) is 2.11. The van der Waals surface area contributed by atoms with Gasteiger partial charge in [-0.3, -0.25) is 0 Å². The van der Waals surface area contributed by atoms with E-state index in [1.54, 1.807) is 18.2 Å².